The number of hydrogen-bond acceptors (Lipinski definition) is 3. The molecule has 0 aliphatic carbocycles. The van der Waals surface area contributed by atoms with Crippen molar-refractivity contribution in [2.24, 2.45) is 5.73 Å². The van der Waals surface area contributed by atoms with Crippen molar-refractivity contribution in [1.82, 2.24) is 5.32 Å². The summed E-state index contributed by atoms with van der Waals surface area (Å²) in [6.45, 7) is 4.81. The molecule has 0 bridgehead atoms. The first-order chi connectivity index (χ1) is 8.13. The molecule has 0 saturated heterocycles. The number of amides is 1. The van der Waals surface area contributed by atoms with Crippen LogP contribution in [0.2, 0.25) is 0 Å². The maximum absolute atomic E-state index is 11.3. The molecule has 1 aromatic carbocycles. The van der Waals surface area contributed by atoms with E-state index < -0.39 is 6.04 Å². The second-order valence-electron chi connectivity index (χ2n) is 3.97. The Hall–Kier alpha value is -1.26. The molecule has 1 atom stereocenters. The highest BCUT2D eigenvalue weighted by Crippen LogP contribution is 2.11. The molecule has 0 aromatic heterocycles. The molecule has 5 heteroatoms. The van der Waals surface area contributed by atoms with E-state index in [0.29, 0.717) is 19.6 Å². The minimum atomic E-state index is -0.422. The minimum absolute atomic E-state index is 0. The first-order valence-electron chi connectivity index (χ1n) is 5.86. The summed E-state index contributed by atoms with van der Waals surface area (Å²) >= 11 is 0. The molecule has 0 aliphatic heterocycles. The Morgan fingerprint density at radius 3 is 2.83 bits per heavy atom. The summed E-state index contributed by atoms with van der Waals surface area (Å²) in [7, 11) is 0. The van der Waals surface area contributed by atoms with Gasteiger partial charge in [0.2, 0.25) is 5.91 Å². The molecule has 18 heavy (non-hydrogen) atoms. The summed E-state index contributed by atoms with van der Waals surface area (Å²) in [6, 6.07) is 7.38. The monoisotopic (exact) mass is 272 g/mol. The van der Waals surface area contributed by atoms with Gasteiger partial charge in [-0.25, -0.2) is 0 Å². The Morgan fingerprint density at radius 2 is 2.22 bits per heavy atom. The van der Waals surface area contributed by atoms with Gasteiger partial charge < -0.3 is 15.8 Å². The summed E-state index contributed by atoms with van der Waals surface area (Å²) in [6.07, 6.45) is 0.643. The number of aryl methyl sites for hydroxylation is 1. The predicted molar refractivity (Wildman–Crippen MR) is 75.2 cm³/mol. The van der Waals surface area contributed by atoms with Gasteiger partial charge >= 0.3 is 0 Å². The molecule has 0 radical (unpaired) electrons. The van der Waals surface area contributed by atoms with Crippen LogP contribution in [-0.2, 0) is 4.79 Å². The van der Waals surface area contributed by atoms with Gasteiger partial charge in [0.25, 0.3) is 0 Å². The normalized spacial score (nSPS) is 11.3. The summed E-state index contributed by atoms with van der Waals surface area (Å²) in [5, 5.41) is 2.73. The zero-order valence-corrected chi connectivity index (χ0v) is 11.6. The van der Waals surface area contributed by atoms with Gasteiger partial charge in [-0.3, -0.25) is 4.79 Å². The first kappa shape index (κ1) is 16.7. The molecular weight excluding hydrogens is 252 g/mol. The van der Waals surface area contributed by atoms with E-state index >= 15 is 0 Å². The van der Waals surface area contributed by atoms with Gasteiger partial charge in [0, 0.05) is 0 Å². The number of nitrogens with two attached hydrogens (primary N) is 1. The smallest absolute Gasteiger partial charge is 0.237 e. The molecule has 4 nitrogen and oxygen atoms in total. The molecule has 0 unspecified atom stereocenters. The van der Waals surface area contributed by atoms with E-state index in [1.807, 2.05) is 38.1 Å². The lowest BCUT2D eigenvalue weighted by atomic mass is 10.2. The van der Waals surface area contributed by atoms with E-state index in [1.165, 1.54) is 0 Å². The topological polar surface area (TPSA) is 64.4 Å². The van der Waals surface area contributed by atoms with Gasteiger partial charge in [-0.15, -0.1) is 12.4 Å². The Bertz CT molecular complexity index is 372. The van der Waals surface area contributed by atoms with Crippen molar-refractivity contribution in [2.75, 3.05) is 13.2 Å². The van der Waals surface area contributed by atoms with Gasteiger partial charge in [-0.1, -0.05) is 19.1 Å². The third-order valence-corrected chi connectivity index (χ3v) is 2.44. The Balaban J connectivity index is 0.00000289. The standard InChI is InChI=1S/C13H20N2O2.ClH/c1-3-12(14)13(16)15-7-8-17-11-6-4-5-10(2)9-11;/h4-6,9,12H,3,7-8,14H2,1-2H3,(H,15,16);1H/t12-;/m0./s1. The highest BCUT2D eigenvalue weighted by molar-refractivity contribution is 5.85. The largest absolute Gasteiger partial charge is 0.492 e. The van der Waals surface area contributed by atoms with Gasteiger partial charge in [-0.05, 0) is 31.0 Å². The van der Waals surface area contributed by atoms with Gasteiger partial charge in [0.1, 0.15) is 12.4 Å². The predicted octanol–water partition coefficient (Wildman–Crippen LogP) is 1.65. The van der Waals surface area contributed by atoms with Crippen LogP contribution in [-0.4, -0.2) is 25.1 Å². The van der Waals surface area contributed by atoms with Gasteiger partial charge in [0.05, 0.1) is 12.6 Å². The average molecular weight is 273 g/mol. The van der Waals surface area contributed by atoms with E-state index in [1.54, 1.807) is 0 Å². The number of halogens is 1. The number of carbonyl (C=O) groups excluding carboxylic acids is 1. The van der Waals surface area contributed by atoms with Crippen molar-refractivity contribution in [3.05, 3.63) is 29.8 Å². The second-order valence-corrected chi connectivity index (χ2v) is 3.97. The van der Waals surface area contributed by atoms with Gasteiger partial charge in [-0.2, -0.15) is 0 Å². The Morgan fingerprint density at radius 1 is 1.50 bits per heavy atom. The lowest BCUT2D eigenvalue weighted by molar-refractivity contribution is -0.122. The van der Waals surface area contributed by atoms with Crippen LogP contribution >= 0.6 is 12.4 Å². The number of hydrogen-bond donors (Lipinski definition) is 2. The van der Waals surface area contributed by atoms with E-state index in [0.717, 1.165) is 11.3 Å². The zero-order valence-electron chi connectivity index (χ0n) is 10.8. The summed E-state index contributed by atoms with van der Waals surface area (Å²) in [5.74, 6) is 0.694. The zero-order chi connectivity index (χ0) is 12.7. The number of ether oxygens (including phenoxy) is 1. The number of carbonyl (C=O) groups is 1. The van der Waals surface area contributed by atoms with Crippen LogP contribution in [0.5, 0.6) is 5.75 Å². The van der Waals surface area contributed by atoms with Crippen molar-refractivity contribution in [3.63, 3.8) is 0 Å². The van der Waals surface area contributed by atoms with Crippen LogP contribution < -0.4 is 15.8 Å². The van der Waals surface area contributed by atoms with Crippen molar-refractivity contribution in [2.45, 2.75) is 26.3 Å². The van der Waals surface area contributed by atoms with E-state index in [4.69, 9.17) is 10.5 Å². The van der Waals surface area contributed by atoms with Crippen LogP contribution in [0.3, 0.4) is 0 Å². The average Bonchev–Trinajstić information content (AvgIpc) is 2.33. The van der Waals surface area contributed by atoms with Crippen LogP contribution in [0.25, 0.3) is 0 Å². The fourth-order valence-corrected chi connectivity index (χ4v) is 1.36. The highest BCUT2D eigenvalue weighted by Gasteiger charge is 2.09. The number of rotatable bonds is 6. The molecule has 102 valence electrons. The number of benzene rings is 1. The first-order valence-corrected chi connectivity index (χ1v) is 5.86. The quantitative estimate of drug-likeness (QED) is 0.774. The minimum Gasteiger partial charge on any atom is -0.492 e. The van der Waals surface area contributed by atoms with Crippen LogP contribution in [0, 0.1) is 6.92 Å². The lowest BCUT2D eigenvalue weighted by Crippen LogP contribution is -2.41. The molecule has 1 amide bonds. The van der Waals surface area contributed by atoms with Gasteiger partial charge in [0.15, 0.2) is 0 Å². The molecule has 0 fully saturated rings. The van der Waals surface area contributed by atoms with E-state index in [9.17, 15) is 4.79 Å². The summed E-state index contributed by atoms with van der Waals surface area (Å²) in [5.41, 5.74) is 6.73. The lowest BCUT2D eigenvalue weighted by Gasteiger charge is -2.11. The number of nitrogens with one attached hydrogen (secondary N) is 1. The molecule has 3 N–H and O–H groups in total. The third kappa shape index (κ3) is 5.89. The van der Waals surface area contributed by atoms with Crippen molar-refractivity contribution in [3.8, 4) is 5.75 Å². The van der Waals surface area contributed by atoms with E-state index in [2.05, 4.69) is 5.32 Å². The summed E-state index contributed by atoms with van der Waals surface area (Å²) < 4.78 is 5.50. The molecule has 0 heterocycles. The molecule has 0 aliphatic rings. The maximum Gasteiger partial charge on any atom is 0.237 e. The maximum atomic E-state index is 11.3. The fraction of sp³-hybridized carbons (Fsp3) is 0.462. The van der Waals surface area contributed by atoms with Crippen molar-refractivity contribution >= 4 is 18.3 Å². The summed E-state index contributed by atoms with van der Waals surface area (Å²) in [4.78, 5) is 11.3. The van der Waals surface area contributed by atoms with Crippen LogP contribution in [0.4, 0.5) is 0 Å². The van der Waals surface area contributed by atoms with Crippen molar-refractivity contribution < 1.29 is 9.53 Å². The highest BCUT2D eigenvalue weighted by atomic mass is 35.5. The van der Waals surface area contributed by atoms with Crippen molar-refractivity contribution in [1.29, 1.82) is 0 Å². The second kappa shape index (κ2) is 8.78. The molecule has 1 rings (SSSR count). The SMILES string of the molecule is CC[C@H](N)C(=O)NCCOc1cccc(C)c1.Cl. The molecule has 0 spiro atoms. The van der Waals surface area contributed by atoms with Crippen LogP contribution in [0.15, 0.2) is 24.3 Å². The Kier molecular flexibility index (Phi) is 8.16. The van der Waals surface area contributed by atoms with E-state index in [-0.39, 0.29) is 18.3 Å². The molecule has 1 aromatic rings. The molecular formula is C13H21ClN2O2. The Labute approximate surface area is 114 Å². The molecule has 0 saturated carbocycles. The third-order valence-electron chi connectivity index (χ3n) is 2.44. The fourth-order valence-electron chi connectivity index (χ4n) is 1.36. The van der Waals surface area contributed by atoms with Crippen LogP contribution in [0.1, 0.15) is 18.9 Å².